The van der Waals surface area contributed by atoms with Crippen LogP contribution >= 0.6 is 0 Å². The van der Waals surface area contributed by atoms with Crippen LogP contribution in [0.15, 0.2) is 30.3 Å². The van der Waals surface area contributed by atoms with Crippen molar-refractivity contribution in [2.45, 2.75) is 34.6 Å². The molecule has 0 aliphatic heterocycles. The van der Waals surface area contributed by atoms with E-state index in [-0.39, 0.29) is 11.9 Å². The van der Waals surface area contributed by atoms with Crippen LogP contribution in [0.1, 0.15) is 51.6 Å². The van der Waals surface area contributed by atoms with Crippen molar-refractivity contribution in [2.75, 3.05) is 13.2 Å². The van der Waals surface area contributed by atoms with Crippen molar-refractivity contribution < 1.29 is 19.1 Å². The van der Waals surface area contributed by atoms with Crippen LogP contribution in [0.4, 0.5) is 0 Å². The molecular formula is C23H24N4O4. The average molecular weight is 420 g/mol. The van der Waals surface area contributed by atoms with E-state index < -0.39 is 0 Å². The Morgan fingerprint density at radius 2 is 1.48 bits per heavy atom. The monoisotopic (exact) mass is 420 g/mol. The molecule has 0 N–H and O–H groups in total. The summed E-state index contributed by atoms with van der Waals surface area (Å²) in [6.07, 6.45) is 0. The van der Waals surface area contributed by atoms with Crippen molar-refractivity contribution in [2.24, 2.45) is 0 Å². The Morgan fingerprint density at radius 1 is 0.839 bits per heavy atom. The number of carbonyl (C=O) groups excluding carboxylic acids is 2. The summed E-state index contributed by atoms with van der Waals surface area (Å²) in [4.78, 5) is 24.8. The Balaban J connectivity index is 1.93. The first-order chi connectivity index (χ1) is 14.9. The quantitative estimate of drug-likeness (QED) is 0.454. The van der Waals surface area contributed by atoms with Gasteiger partial charge in [-0.2, -0.15) is 10.2 Å². The number of esters is 2. The van der Waals surface area contributed by atoms with Crippen LogP contribution in [0.25, 0.3) is 22.1 Å². The van der Waals surface area contributed by atoms with Crippen molar-refractivity contribution in [3.8, 4) is 5.69 Å². The first kappa shape index (κ1) is 20.6. The highest BCUT2D eigenvalue weighted by atomic mass is 16.5. The molecule has 1 aromatic carbocycles. The first-order valence-corrected chi connectivity index (χ1v) is 10.2. The number of aryl methyl sites for hydroxylation is 2. The van der Waals surface area contributed by atoms with Gasteiger partial charge in [-0.25, -0.2) is 18.8 Å². The predicted molar refractivity (Wildman–Crippen MR) is 116 cm³/mol. The molecule has 0 aliphatic rings. The van der Waals surface area contributed by atoms with Crippen LogP contribution in [-0.2, 0) is 9.47 Å². The molecule has 0 saturated carbocycles. The molecule has 3 aromatic heterocycles. The van der Waals surface area contributed by atoms with Gasteiger partial charge in [0, 0.05) is 5.39 Å². The summed E-state index contributed by atoms with van der Waals surface area (Å²) in [5, 5.41) is 10.1. The van der Waals surface area contributed by atoms with Crippen molar-refractivity contribution in [3.63, 3.8) is 0 Å². The number of pyridine rings is 1. The highest BCUT2D eigenvalue weighted by molar-refractivity contribution is 6.01. The number of fused-ring (bicyclic) bond motifs is 3. The Kier molecular flexibility index (Phi) is 5.22. The van der Waals surface area contributed by atoms with Gasteiger partial charge >= 0.3 is 11.9 Å². The highest BCUT2D eigenvalue weighted by Crippen LogP contribution is 2.28. The third-order valence-electron chi connectivity index (χ3n) is 5.27. The van der Waals surface area contributed by atoms with Crippen molar-refractivity contribution in [1.29, 1.82) is 0 Å². The smallest absolute Gasteiger partial charge is 0.342 e. The van der Waals surface area contributed by atoms with Gasteiger partial charge in [0.2, 0.25) is 0 Å². The minimum Gasteiger partial charge on any atom is -0.462 e. The highest BCUT2D eigenvalue weighted by Gasteiger charge is 2.23. The molecule has 31 heavy (non-hydrogen) atoms. The molecule has 8 heteroatoms. The van der Waals surface area contributed by atoms with Crippen LogP contribution in [0.2, 0.25) is 0 Å². The number of benzene rings is 1. The largest absolute Gasteiger partial charge is 0.462 e. The van der Waals surface area contributed by atoms with Crippen LogP contribution in [0.5, 0.6) is 0 Å². The fraction of sp³-hybridized carbons (Fsp3) is 0.304. The van der Waals surface area contributed by atoms with E-state index in [1.807, 2.05) is 37.3 Å². The molecule has 0 radical (unpaired) electrons. The summed E-state index contributed by atoms with van der Waals surface area (Å²) in [6, 6.07) is 9.56. The molecule has 0 fully saturated rings. The van der Waals surface area contributed by atoms with E-state index in [1.54, 1.807) is 36.9 Å². The van der Waals surface area contributed by atoms with Crippen LogP contribution in [0.3, 0.4) is 0 Å². The van der Waals surface area contributed by atoms with E-state index >= 15 is 0 Å². The summed E-state index contributed by atoms with van der Waals surface area (Å²) in [6.45, 7) is 9.59. The van der Waals surface area contributed by atoms with Crippen LogP contribution in [-0.4, -0.2) is 44.5 Å². The van der Waals surface area contributed by atoms with E-state index in [4.69, 9.17) is 9.47 Å². The SMILES string of the molecule is CCOC(=O)c1c(C)nn(-c2cccc3c2ccc2c(C(=O)OCC)c(C)nn23)c1C. The van der Waals surface area contributed by atoms with Gasteiger partial charge in [0.05, 0.1) is 47.0 Å². The second-order valence-corrected chi connectivity index (χ2v) is 7.20. The van der Waals surface area contributed by atoms with Gasteiger partial charge in [0.15, 0.2) is 0 Å². The number of aromatic nitrogens is 4. The van der Waals surface area contributed by atoms with E-state index in [0.717, 1.165) is 16.6 Å². The second-order valence-electron chi connectivity index (χ2n) is 7.20. The maximum absolute atomic E-state index is 12.4. The fourth-order valence-electron chi connectivity index (χ4n) is 3.96. The maximum atomic E-state index is 12.4. The molecule has 160 valence electrons. The fourth-order valence-corrected chi connectivity index (χ4v) is 3.96. The third kappa shape index (κ3) is 3.24. The molecule has 0 atom stereocenters. The lowest BCUT2D eigenvalue weighted by Crippen LogP contribution is -2.08. The van der Waals surface area contributed by atoms with Gasteiger partial charge in [-0.3, -0.25) is 0 Å². The molecule has 3 heterocycles. The van der Waals surface area contributed by atoms with Gasteiger partial charge in [-0.15, -0.1) is 0 Å². The Labute approximate surface area is 179 Å². The van der Waals surface area contributed by atoms with E-state index in [0.29, 0.717) is 46.9 Å². The number of carbonyl (C=O) groups is 2. The topological polar surface area (TPSA) is 87.7 Å². The molecule has 4 aromatic rings. The number of rotatable bonds is 5. The van der Waals surface area contributed by atoms with E-state index in [1.165, 1.54) is 0 Å². The molecule has 0 unspecified atom stereocenters. The van der Waals surface area contributed by atoms with Gasteiger partial charge in [-0.05, 0) is 58.9 Å². The molecular weight excluding hydrogens is 396 g/mol. The van der Waals surface area contributed by atoms with Gasteiger partial charge in [0.25, 0.3) is 0 Å². The van der Waals surface area contributed by atoms with Crippen LogP contribution in [0, 0.1) is 20.8 Å². The summed E-state index contributed by atoms with van der Waals surface area (Å²) in [5.41, 5.74) is 5.15. The molecule has 8 nitrogen and oxygen atoms in total. The zero-order valence-corrected chi connectivity index (χ0v) is 18.2. The van der Waals surface area contributed by atoms with E-state index in [2.05, 4.69) is 10.2 Å². The summed E-state index contributed by atoms with van der Waals surface area (Å²) >= 11 is 0. The number of ether oxygens (including phenoxy) is 2. The predicted octanol–water partition coefficient (Wildman–Crippen LogP) is 3.95. The molecule has 0 spiro atoms. The van der Waals surface area contributed by atoms with Crippen LogP contribution < -0.4 is 0 Å². The number of hydrogen-bond donors (Lipinski definition) is 0. The lowest BCUT2D eigenvalue weighted by molar-refractivity contribution is 0.0516. The van der Waals surface area contributed by atoms with Gasteiger partial charge in [-0.1, -0.05) is 6.07 Å². The van der Waals surface area contributed by atoms with E-state index in [9.17, 15) is 9.59 Å². The zero-order chi connectivity index (χ0) is 22.3. The van der Waals surface area contributed by atoms with Crippen molar-refractivity contribution >= 4 is 28.4 Å². The minimum absolute atomic E-state index is 0.300. The summed E-state index contributed by atoms with van der Waals surface area (Å²) in [5.74, 6) is -0.767. The molecule has 0 bridgehead atoms. The minimum atomic E-state index is -0.386. The third-order valence-corrected chi connectivity index (χ3v) is 5.27. The average Bonchev–Trinajstić information content (AvgIpc) is 3.23. The second kappa shape index (κ2) is 7.86. The standard InChI is InChI=1S/C23H24N4O4/c1-6-30-22(28)20-13(3)24-26(15(20)5)17-9-8-10-18-16(17)11-12-19-21(23(29)31-7-2)14(4)25-27(18)19/h8-12H,6-7H2,1-5H3. The zero-order valence-electron chi connectivity index (χ0n) is 18.2. The number of hydrogen-bond acceptors (Lipinski definition) is 6. The molecule has 4 rings (SSSR count). The summed E-state index contributed by atoms with van der Waals surface area (Å²) in [7, 11) is 0. The Bertz CT molecular complexity index is 1330. The molecule has 0 amide bonds. The van der Waals surface area contributed by atoms with Gasteiger partial charge in [0.1, 0.15) is 11.1 Å². The molecule has 0 aliphatic carbocycles. The normalized spacial score (nSPS) is 11.3. The number of nitrogens with zero attached hydrogens (tertiary/aromatic N) is 4. The first-order valence-electron chi connectivity index (χ1n) is 10.2. The maximum Gasteiger partial charge on any atom is 0.342 e. The Hall–Kier alpha value is -3.68. The summed E-state index contributed by atoms with van der Waals surface area (Å²) < 4.78 is 13.9. The lowest BCUT2D eigenvalue weighted by atomic mass is 10.1. The van der Waals surface area contributed by atoms with Crippen molar-refractivity contribution in [3.05, 3.63) is 58.5 Å². The van der Waals surface area contributed by atoms with Crippen molar-refractivity contribution in [1.82, 2.24) is 19.4 Å². The lowest BCUT2D eigenvalue weighted by Gasteiger charge is -2.10. The van der Waals surface area contributed by atoms with Gasteiger partial charge < -0.3 is 9.47 Å². The Morgan fingerprint density at radius 3 is 2.16 bits per heavy atom. The molecule has 0 saturated heterocycles.